The van der Waals surface area contributed by atoms with Crippen LogP contribution in [0.15, 0.2) is 41.3 Å². The zero-order chi connectivity index (χ0) is 16.9. The Morgan fingerprint density at radius 2 is 2.17 bits per heavy atom. The second-order valence-electron chi connectivity index (χ2n) is 5.72. The normalized spacial score (nSPS) is 17.5. The maximum atomic E-state index is 12.7. The van der Waals surface area contributed by atoms with Gasteiger partial charge in [0, 0.05) is 44.1 Å². The summed E-state index contributed by atoms with van der Waals surface area (Å²) in [6.45, 7) is 3.76. The van der Waals surface area contributed by atoms with E-state index >= 15 is 0 Å². The first-order chi connectivity index (χ1) is 11.7. The number of hydrogen-bond acceptors (Lipinski definition) is 5. The van der Waals surface area contributed by atoms with Crippen molar-refractivity contribution in [3.05, 3.63) is 53.7 Å². The summed E-state index contributed by atoms with van der Waals surface area (Å²) in [4.78, 5) is 30.8. The Labute approximate surface area is 140 Å². The summed E-state index contributed by atoms with van der Waals surface area (Å²) in [6, 6.07) is 4.87. The predicted molar refractivity (Wildman–Crippen MR) is 87.2 cm³/mol. The van der Waals surface area contributed by atoms with Crippen molar-refractivity contribution in [3.63, 3.8) is 0 Å². The minimum Gasteiger partial charge on any atom is -0.459 e. The number of nitrogens with one attached hydrogen (secondary N) is 2. The van der Waals surface area contributed by atoms with Gasteiger partial charge in [-0.15, -0.1) is 0 Å². The van der Waals surface area contributed by atoms with Gasteiger partial charge in [0.2, 0.25) is 5.91 Å². The number of pyridine rings is 1. The molecule has 2 N–H and O–H groups in total. The first kappa shape index (κ1) is 16.2. The van der Waals surface area contributed by atoms with Crippen LogP contribution in [0.3, 0.4) is 0 Å². The monoisotopic (exact) mass is 328 g/mol. The van der Waals surface area contributed by atoms with Gasteiger partial charge < -0.3 is 20.0 Å². The van der Waals surface area contributed by atoms with Crippen molar-refractivity contribution in [1.82, 2.24) is 20.5 Å². The van der Waals surface area contributed by atoms with Crippen molar-refractivity contribution in [1.29, 1.82) is 0 Å². The molecule has 0 radical (unpaired) electrons. The van der Waals surface area contributed by atoms with Crippen molar-refractivity contribution in [3.8, 4) is 0 Å². The largest absolute Gasteiger partial charge is 0.459 e. The topological polar surface area (TPSA) is 87.5 Å². The van der Waals surface area contributed by atoms with Crippen LogP contribution in [-0.2, 0) is 11.3 Å². The first-order valence-electron chi connectivity index (χ1n) is 7.89. The zero-order valence-corrected chi connectivity index (χ0v) is 13.5. The molecule has 1 aliphatic rings. The Kier molecular flexibility index (Phi) is 4.90. The molecular weight excluding hydrogens is 308 g/mol. The molecule has 1 saturated heterocycles. The Bertz CT molecular complexity index is 714. The molecule has 1 fully saturated rings. The molecule has 3 rings (SSSR count). The molecule has 0 aliphatic carbocycles. The molecule has 2 amide bonds. The summed E-state index contributed by atoms with van der Waals surface area (Å²) in [7, 11) is 0. The minimum atomic E-state index is -0.558. The van der Waals surface area contributed by atoms with Gasteiger partial charge >= 0.3 is 0 Å². The van der Waals surface area contributed by atoms with Gasteiger partial charge in [0.15, 0.2) is 5.76 Å². The van der Waals surface area contributed by atoms with Crippen LogP contribution in [-0.4, -0.2) is 47.4 Å². The summed E-state index contributed by atoms with van der Waals surface area (Å²) in [5.74, 6) is -0.136. The molecule has 0 aromatic carbocycles. The van der Waals surface area contributed by atoms with Crippen molar-refractivity contribution in [2.75, 3.05) is 19.6 Å². The standard InChI is InChI=1S/C17H20N4O3/c1-12-4-9-24-15(12)17(23)21-8-7-19-11-14(21)16(22)20-10-13-2-5-18-6-3-13/h2-6,9,14,19H,7-8,10-11H2,1H3,(H,20,22)/t14-/m1/s1. The van der Waals surface area contributed by atoms with Crippen LogP contribution < -0.4 is 10.6 Å². The fourth-order valence-electron chi connectivity index (χ4n) is 2.71. The maximum absolute atomic E-state index is 12.7. The molecule has 0 bridgehead atoms. The maximum Gasteiger partial charge on any atom is 0.290 e. The molecule has 1 aliphatic heterocycles. The molecule has 0 saturated carbocycles. The molecular formula is C17H20N4O3. The molecule has 0 unspecified atom stereocenters. The lowest BCUT2D eigenvalue weighted by molar-refractivity contribution is -0.126. The van der Waals surface area contributed by atoms with Crippen LogP contribution >= 0.6 is 0 Å². The van der Waals surface area contributed by atoms with Crippen molar-refractivity contribution in [2.45, 2.75) is 19.5 Å². The van der Waals surface area contributed by atoms with E-state index in [-0.39, 0.29) is 11.8 Å². The number of carbonyl (C=O) groups is 2. The van der Waals surface area contributed by atoms with Crippen LogP contribution in [0.1, 0.15) is 21.7 Å². The highest BCUT2D eigenvalue weighted by Crippen LogP contribution is 2.15. The van der Waals surface area contributed by atoms with Gasteiger partial charge in [-0.2, -0.15) is 0 Å². The van der Waals surface area contributed by atoms with E-state index in [4.69, 9.17) is 4.42 Å². The van der Waals surface area contributed by atoms with E-state index in [0.29, 0.717) is 31.9 Å². The van der Waals surface area contributed by atoms with E-state index < -0.39 is 6.04 Å². The fraction of sp³-hybridized carbons (Fsp3) is 0.353. The van der Waals surface area contributed by atoms with Crippen molar-refractivity contribution >= 4 is 11.8 Å². The van der Waals surface area contributed by atoms with Crippen molar-refractivity contribution < 1.29 is 14.0 Å². The number of aromatic nitrogens is 1. The van der Waals surface area contributed by atoms with E-state index in [1.165, 1.54) is 6.26 Å². The van der Waals surface area contributed by atoms with Gasteiger partial charge in [0.05, 0.1) is 6.26 Å². The molecule has 1 atom stereocenters. The second kappa shape index (κ2) is 7.27. The molecule has 7 heteroatoms. The number of aryl methyl sites for hydroxylation is 1. The van der Waals surface area contributed by atoms with E-state index in [2.05, 4.69) is 15.6 Å². The summed E-state index contributed by atoms with van der Waals surface area (Å²) in [6.07, 6.45) is 4.85. The second-order valence-corrected chi connectivity index (χ2v) is 5.72. The van der Waals surface area contributed by atoms with E-state index in [9.17, 15) is 9.59 Å². The highest BCUT2D eigenvalue weighted by atomic mass is 16.3. The summed E-state index contributed by atoms with van der Waals surface area (Å²) < 4.78 is 5.29. The number of amides is 2. The first-order valence-corrected chi connectivity index (χ1v) is 7.89. The molecule has 3 heterocycles. The number of carbonyl (C=O) groups excluding carboxylic acids is 2. The average molecular weight is 328 g/mol. The Balaban J connectivity index is 1.68. The smallest absolute Gasteiger partial charge is 0.290 e. The molecule has 24 heavy (non-hydrogen) atoms. The van der Waals surface area contributed by atoms with Gasteiger partial charge in [-0.05, 0) is 30.7 Å². The van der Waals surface area contributed by atoms with Crippen LogP contribution in [0.5, 0.6) is 0 Å². The number of nitrogens with zero attached hydrogens (tertiary/aromatic N) is 2. The lowest BCUT2D eigenvalue weighted by Gasteiger charge is -2.34. The van der Waals surface area contributed by atoms with Crippen LogP contribution in [0.4, 0.5) is 0 Å². The molecule has 7 nitrogen and oxygen atoms in total. The summed E-state index contributed by atoms with van der Waals surface area (Å²) in [5.41, 5.74) is 1.73. The highest BCUT2D eigenvalue weighted by Gasteiger charge is 2.34. The predicted octanol–water partition coefficient (Wildman–Crippen LogP) is 0.713. The summed E-state index contributed by atoms with van der Waals surface area (Å²) in [5, 5.41) is 6.05. The summed E-state index contributed by atoms with van der Waals surface area (Å²) >= 11 is 0. The lowest BCUT2D eigenvalue weighted by atomic mass is 10.1. The third-order valence-corrected chi connectivity index (χ3v) is 4.08. The third kappa shape index (κ3) is 3.46. The molecule has 0 spiro atoms. The third-order valence-electron chi connectivity index (χ3n) is 4.08. The van der Waals surface area contributed by atoms with Gasteiger partial charge in [0.25, 0.3) is 5.91 Å². The lowest BCUT2D eigenvalue weighted by Crippen LogP contribution is -2.59. The average Bonchev–Trinajstić information content (AvgIpc) is 3.06. The SMILES string of the molecule is Cc1ccoc1C(=O)N1CCNC[C@@H]1C(=O)NCc1ccncc1. The van der Waals surface area contributed by atoms with Gasteiger partial charge in [-0.25, -0.2) is 0 Å². The molecule has 126 valence electrons. The quantitative estimate of drug-likeness (QED) is 0.863. The molecule has 2 aromatic rings. The number of furan rings is 1. The van der Waals surface area contributed by atoms with E-state index in [1.54, 1.807) is 23.4 Å². The number of rotatable bonds is 4. The Morgan fingerprint density at radius 1 is 1.38 bits per heavy atom. The minimum absolute atomic E-state index is 0.184. The number of hydrogen-bond donors (Lipinski definition) is 2. The highest BCUT2D eigenvalue weighted by molar-refractivity contribution is 5.96. The van der Waals surface area contributed by atoms with Gasteiger partial charge in [-0.1, -0.05) is 0 Å². The van der Waals surface area contributed by atoms with Crippen LogP contribution in [0, 0.1) is 6.92 Å². The molecule has 2 aromatic heterocycles. The Hall–Kier alpha value is -2.67. The van der Waals surface area contributed by atoms with Crippen LogP contribution in [0.25, 0.3) is 0 Å². The van der Waals surface area contributed by atoms with Crippen molar-refractivity contribution in [2.24, 2.45) is 0 Å². The van der Waals surface area contributed by atoms with Gasteiger partial charge in [-0.3, -0.25) is 14.6 Å². The zero-order valence-electron chi connectivity index (χ0n) is 13.5. The van der Waals surface area contributed by atoms with E-state index in [1.807, 2.05) is 19.1 Å². The van der Waals surface area contributed by atoms with Gasteiger partial charge in [0.1, 0.15) is 6.04 Å². The number of piperazine rings is 1. The van der Waals surface area contributed by atoms with Crippen LogP contribution in [0.2, 0.25) is 0 Å². The fourth-order valence-corrected chi connectivity index (χ4v) is 2.71. The van der Waals surface area contributed by atoms with E-state index in [0.717, 1.165) is 11.1 Å². The Morgan fingerprint density at radius 3 is 2.88 bits per heavy atom.